The van der Waals surface area contributed by atoms with Crippen molar-refractivity contribution in [2.24, 2.45) is 0 Å². The minimum absolute atomic E-state index is 0.0976. The van der Waals surface area contributed by atoms with E-state index < -0.39 is 12.0 Å². The van der Waals surface area contributed by atoms with Gasteiger partial charge in [-0.3, -0.25) is 0 Å². The van der Waals surface area contributed by atoms with E-state index in [4.69, 9.17) is 14.6 Å². The summed E-state index contributed by atoms with van der Waals surface area (Å²) in [7, 11) is 1.48. The Balaban J connectivity index is 1.54. The lowest BCUT2D eigenvalue weighted by molar-refractivity contribution is 0.0690. The van der Waals surface area contributed by atoms with E-state index >= 15 is 0 Å². The smallest absolute Gasteiger partial charge is 0.354 e. The molecule has 1 aromatic carbocycles. The molecule has 148 valence electrons. The Morgan fingerprint density at radius 3 is 2.55 bits per heavy atom. The summed E-state index contributed by atoms with van der Waals surface area (Å²) >= 11 is 0. The minimum atomic E-state index is -1.13. The molecule has 3 aromatic rings. The molecule has 0 aliphatic heterocycles. The molecular weight excluding hydrogens is 376 g/mol. The molecule has 0 atom stereocenters. The van der Waals surface area contributed by atoms with E-state index in [-0.39, 0.29) is 5.69 Å². The van der Waals surface area contributed by atoms with E-state index in [0.717, 1.165) is 5.56 Å². The van der Waals surface area contributed by atoms with Gasteiger partial charge in [-0.15, -0.1) is 0 Å². The van der Waals surface area contributed by atoms with Crippen LogP contribution in [0.5, 0.6) is 17.4 Å². The number of carbonyl (C=O) groups is 2. The quantitative estimate of drug-likeness (QED) is 0.562. The number of hydrogen-bond acceptors (Lipinski definition) is 6. The van der Waals surface area contributed by atoms with Gasteiger partial charge in [-0.2, -0.15) is 0 Å². The van der Waals surface area contributed by atoms with Gasteiger partial charge in [0.15, 0.2) is 5.69 Å². The van der Waals surface area contributed by atoms with E-state index in [9.17, 15) is 9.59 Å². The summed E-state index contributed by atoms with van der Waals surface area (Å²) in [5.41, 5.74) is 1.22. The number of aromatic carboxylic acids is 1. The maximum Gasteiger partial charge on any atom is 0.354 e. The van der Waals surface area contributed by atoms with E-state index in [1.807, 2.05) is 0 Å². The van der Waals surface area contributed by atoms with Crippen molar-refractivity contribution < 1.29 is 24.2 Å². The number of aromatic nitrogens is 2. The van der Waals surface area contributed by atoms with Crippen LogP contribution in [0.4, 0.5) is 10.5 Å². The Hall–Kier alpha value is -4.14. The van der Waals surface area contributed by atoms with Crippen LogP contribution in [-0.2, 0) is 6.54 Å². The first kappa shape index (κ1) is 19.6. The Morgan fingerprint density at radius 1 is 1.03 bits per heavy atom. The zero-order chi connectivity index (χ0) is 20.6. The van der Waals surface area contributed by atoms with Gasteiger partial charge in [0, 0.05) is 25.0 Å². The van der Waals surface area contributed by atoms with E-state index in [2.05, 4.69) is 20.6 Å². The van der Waals surface area contributed by atoms with Gasteiger partial charge in [-0.25, -0.2) is 19.6 Å². The van der Waals surface area contributed by atoms with Gasteiger partial charge < -0.3 is 25.2 Å². The molecular formula is C20H18N4O5. The molecule has 2 amide bonds. The Labute approximate surface area is 166 Å². The van der Waals surface area contributed by atoms with Crippen molar-refractivity contribution in [2.75, 3.05) is 12.4 Å². The van der Waals surface area contributed by atoms with Crippen molar-refractivity contribution in [3.8, 4) is 17.4 Å². The highest BCUT2D eigenvalue weighted by molar-refractivity contribution is 5.90. The van der Waals surface area contributed by atoms with Crippen molar-refractivity contribution in [2.45, 2.75) is 6.54 Å². The van der Waals surface area contributed by atoms with Gasteiger partial charge in [-0.1, -0.05) is 12.1 Å². The first-order chi connectivity index (χ1) is 14.0. The van der Waals surface area contributed by atoms with Crippen LogP contribution in [0.1, 0.15) is 16.1 Å². The Kier molecular flexibility index (Phi) is 6.21. The number of anilines is 1. The molecule has 3 N–H and O–H groups in total. The third kappa shape index (κ3) is 5.42. The molecule has 9 nitrogen and oxygen atoms in total. The lowest BCUT2D eigenvalue weighted by Gasteiger charge is -2.10. The molecule has 3 rings (SSSR count). The first-order valence-corrected chi connectivity index (χ1v) is 8.55. The molecule has 29 heavy (non-hydrogen) atoms. The maximum atomic E-state index is 12.1. The third-order valence-electron chi connectivity index (χ3n) is 3.78. The van der Waals surface area contributed by atoms with Crippen molar-refractivity contribution in [1.29, 1.82) is 0 Å². The second-order valence-corrected chi connectivity index (χ2v) is 5.80. The van der Waals surface area contributed by atoms with Crippen molar-refractivity contribution in [1.82, 2.24) is 15.3 Å². The first-order valence-electron chi connectivity index (χ1n) is 8.55. The highest BCUT2D eigenvalue weighted by atomic mass is 16.5. The van der Waals surface area contributed by atoms with Crippen molar-refractivity contribution in [3.05, 3.63) is 72.2 Å². The zero-order valence-corrected chi connectivity index (χ0v) is 15.5. The lowest BCUT2D eigenvalue weighted by atomic mass is 10.2. The number of carbonyl (C=O) groups excluding carboxylic acids is 1. The number of nitrogens with one attached hydrogen (secondary N) is 2. The van der Waals surface area contributed by atoms with Gasteiger partial charge in [-0.05, 0) is 35.9 Å². The van der Waals surface area contributed by atoms with E-state index in [1.54, 1.807) is 48.7 Å². The molecule has 0 spiro atoms. The van der Waals surface area contributed by atoms with Crippen LogP contribution >= 0.6 is 0 Å². The summed E-state index contributed by atoms with van der Waals surface area (Å²) in [6.45, 7) is 0.299. The Bertz CT molecular complexity index is 1010. The molecule has 0 unspecified atom stereocenters. The molecule has 2 heterocycles. The number of pyridine rings is 2. The highest BCUT2D eigenvalue weighted by Gasteiger charge is 2.08. The fraction of sp³-hybridized carbons (Fsp3) is 0.100. The molecule has 0 fully saturated rings. The van der Waals surface area contributed by atoms with Gasteiger partial charge >= 0.3 is 12.0 Å². The number of rotatable bonds is 7. The van der Waals surface area contributed by atoms with Gasteiger partial charge in [0.25, 0.3) is 0 Å². The van der Waals surface area contributed by atoms with Crippen LogP contribution in [0.25, 0.3) is 0 Å². The zero-order valence-electron chi connectivity index (χ0n) is 15.5. The lowest BCUT2D eigenvalue weighted by Crippen LogP contribution is -2.28. The third-order valence-corrected chi connectivity index (χ3v) is 3.78. The van der Waals surface area contributed by atoms with E-state index in [0.29, 0.717) is 29.6 Å². The van der Waals surface area contributed by atoms with Crippen molar-refractivity contribution in [3.63, 3.8) is 0 Å². The number of carboxylic acid groups (broad SMARTS) is 1. The Morgan fingerprint density at radius 2 is 1.83 bits per heavy atom. The number of urea groups is 1. The monoisotopic (exact) mass is 394 g/mol. The number of hydrogen-bond donors (Lipinski definition) is 3. The summed E-state index contributed by atoms with van der Waals surface area (Å²) in [6.07, 6.45) is 2.94. The largest absolute Gasteiger partial charge is 0.480 e. The number of benzene rings is 1. The van der Waals surface area contributed by atoms with Gasteiger partial charge in [0.1, 0.15) is 17.2 Å². The predicted molar refractivity (Wildman–Crippen MR) is 104 cm³/mol. The summed E-state index contributed by atoms with van der Waals surface area (Å²) in [6, 6.07) is 12.9. The summed E-state index contributed by atoms with van der Waals surface area (Å²) in [5.74, 6) is 0.0966. The topological polar surface area (TPSA) is 123 Å². The number of carboxylic acids is 1. The van der Waals surface area contributed by atoms with Crippen LogP contribution in [0.2, 0.25) is 0 Å². The highest BCUT2D eigenvalue weighted by Crippen LogP contribution is 2.22. The standard InChI is InChI=1S/C20H18N4O5/c1-28-18-16(3-2-9-22-18)24-20(27)23-12-13-4-6-14(7-5-13)29-15-8-10-21-17(11-15)19(25)26/h2-11H,12H2,1H3,(H,25,26)(H2,23,24,27). The molecule has 0 aliphatic rings. The van der Waals surface area contributed by atoms with Gasteiger partial charge in [0.05, 0.1) is 7.11 Å². The number of ether oxygens (including phenoxy) is 2. The molecule has 0 radical (unpaired) electrons. The van der Waals surface area contributed by atoms with Crippen LogP contribution in [0.3, 0.4) is 0 Å². The van der Waals surface area contributed by atoms with Gasteiger partial charge in [0.2, 0.25) is 5.88 Å². The minimum Gasteiger partial charge on any atom is -0.480 e. The average Bonchev–Trinajstić information content (AvgIpc) is 2.74. The maximum absolute atomic E-state index is 12.1. The summed E-state index contributed by atoms with van der Waals surface area (Å²) < 4.78 is 10.7. The summed E-state index contributed by atoms with van der Waals surface area (Å²) in [4.78, 5) is 30.8. The second-order valence-electron chi connectivity index (χ2n) is 5.80. The molecule has 0 bridgehead atoms. The predicted octanol–water partition coefficient (Wildman–Crippen LogP) is 3.30. The average molecular weight is 394 g/mol. The fourth-order valence-corrected chi connectivity index (χ4v) is 2.40. The molecule has 0 aliphatic carbocycles. The van der Waals surface area contributed by atoms with Crippen LogP contribution < -0.4 is 20.1 Å². The summed E-state index contributed by atoms with van der Waals surface area (Å²) in [5, 5.41) is 14.4. The molecule has 9 heteroatoms. The van der Waals surface area contributed by atoms with Crippen LogP contribution in [-0.4, -0.2) is 34.2 Å². The second kappa shape index (κ2) is 9.18. The number of nitrogens with zero attached hydrogens (tertiary/aromatic N) is 2. The fourth-order valence-electron chi connectivity index (χ4n) is 2.40. The number of amides is 2. The van der Waals surface area contributed by atoms with Crippen LogP contribution in [0.15, 0.2) is 60.9 Å². The van der Waals surface area contributed by atoms with Crippen LogP contribution in [0, 0.1) is 0 Å². The molecule has 2 aromatic heterocycles. The molecule has 0 saturated heterocycles. The number of methoxy groups -OCH3 is 1. The molecule has 0 saturated carbocycles. The normalized spacial score (nSPS) is 10.1. The SMILES string of the molecule is COc1ncccc1NC(=O)NCc1ccc(Oc2ccnc(C(=O)O)c2)cc1. The van der Waals surface area contributed by atoms with E-state index in [1.165, 1.54) is 19.4 Å². The van der Waals surface area contributed by atoms with Crippen molar-refractivity contribution >= 4 is 17.7 Å².